The molecule has 9 heteroatoms. The van der Waals surface area contributed by atoms with Gasteiger partial charge in [-0.05, 0) is 24.3 Å². The molecule has 0 fully saturated rings. The van der Waals surface area contributed by atoms with E-state index in [2.05, 4.69) is 5.32 Å². The summed E-state index contributed by atoms with van der Waals surface area (Å²) in [6.07, 6.45) is 0. The van der Waals surface area contributed by atoms with Gasteiger partial charge in [-0.1, -0.05) is 35.3 Å². The maximum Gasteiger partial charge on any atom is 0.345 e. The third kappa shape index (κ3) is 4.43. The summed E-state index contributed by atoms with van der Waals surface area (Å²) < 4.78 is 4.79. The van der Waals surface area contributed by atoms with Crippen LogP contribution in [0.4, 0.5) is 11.4 Å². The largest absolute Gasteiger partial charge is 0.452 e. The Hall–Kier alpha value is -2.64. The second kappa shape index (κ2) is 7.76. The summed E-state index contributed by atoms with van der Waals surface area (Å²) in [5, 5.41) is 13.9. The van der Waals surface area contributed by atoms with Crippen LogP contribution in [0.2, 0.25) is 10.0 Å². The van der Waals surface area contributed by atoms with Gasteiger partial charge in [-0.25, -0.2) is 4.79 Å². The number of anilines is 1. The molecule has 1 N–H and O–H groups in total. The highest BCUT2D eigenvalue weighted by molar-refractivity contribution is 6.35. The van der Waals surface area contributed by atoms with Crippen LogP contribution in [0.1, 0.15) is 10.4 Å². The molecule has 0 spiro atoms. The van der Waals surface area contributed by atoms with Gasteiger partial charge >= 0.3 is 5.97 Å². The zero-order valence-corrected chi connectivity index (χ0v) is 13.5. The van der Waals surface area contributed by atoms with Crippen molar-refractivity contribution in [1.29, 1.82) is 0 Å². The summed E-state index contributed by atoms with van der Waals surface area (Å²) in [5.74, 6) is -1.64. The highest BCUT2D eigenvalue weighted by Crippen LogP contribution is 2.25. The monoisotopic (exact) mass is 368 g/mol. The first-order valence-electron chi connectivity index (χ1n) is 6.54. The molecule has 0 saturated carbocycles. The van der Waals surface area contributed by atoms with Gasteiger partial charge in [-0.2, -0.15) is 0 Å². The lowest BCUT2D eigenvalue weighted by Gasteiger charge is -2.08. The zero-order valence-electron chi connectivity index (χ0n) is 12.0. The fourth-order valence-corrected chi connectivity index (χ4v) is 2.13. The van der Waals surface area contributed by atoms with Crippen molar-refractivity contribution < 1.29 is 19.2 Å². The smallest absolute Gasteiger partial charge is 0.345 e. The molecule has 0 aliphatic rings. The summed E-state index contributed by atoms with van der Waals surface area (Å²) in [7, 11) is 0. The van der Waals surface area contributed by atoms with Crippen LogP contribution in [0.5, 0.6) is 0 Å². The number of carbonyl (C=O) groups is 2. The third-order valence-electron chi connectivity index (χ3n) is 2.86. The van der Waals surface area contributed by atoms with Crippen LogP contribution >= 0.6 is 23.2 Å². The molecule has 0 radical (unpaired) electrons. The van der Waals surface area contributed by atoms with Crippen molar-refractivity contribution in [3.8, 4) is 0 Å². The molecule has 0 aliphatic heterocycles. The van der Waals surface area contributed by atoms with E-state index in [0.717, 1.165) is 0 Å². The molecular weight excluding hydrogens is 359 g/mol. The van der Waals surface area contributed by atoms with Crippen molar-refractivity contribution in [1.82, 2.24) is 0 Å². The number of esters is 1. The number of amides is 1. The fraction of sp³-hybridized carbons (Fsp3) is 0.0667. The molecule has 2 aromatic rings. The maximum absolute atomic E-state index is 11.9. The summed E-state index contributed by atoms with van der Waals surface area (Å²) in [6.45, 7) is -0.631. The molecule has 24 heavy (non-hydrogen) atoms. The van der Waals surface area contributed by atoms with Crippen LogP contribution < -0.4 is 5.32 Å². The van der Waals surface area contributed by atoms with Crippen molar-refractivity contribution in [3.05, 3.63) is 68.2 Å². The Bertz CT molecular complexity index is 810. The van der Waals surface area contributed by atoms with Crippen molar-refractivity contribution in [2.75, 3.05) is 11.9 Å². The van der Waals surface area contributed by atoms with Crippen LogP contribution in [0.3, 0.4) is 0 Å². The summed E-state index contributed by atoms with van der Waals surface area (Å²) >= 11 is 11.7. The molecule has 0 atom stereocenters. The molecule has 0 bridgehead atoms. The summed E-state index contributed by atoms with van der Waals surface area (Å²) in [4.78, 5) is 33.9. The zero-order chi connectivity index (χ0) is 17.7. The number of halogens is 2. The number of nitrogens with zero attached hydrogens (tertiary/aromatic N) is 1. The van der Waals surface area contributed by atoms with Gasteiger partial charge in [0.25, 0.3) is 11.6 Å². The van der Waals surface area contributed by atoms with Crippen LogP contribution in [-0.4, -0.2) is 23.4 Å². The van der Waals surface area contributed by atoms with Crippen molar-refractivity contribution >= 4 is 46.5 Å². The van der Waals surface area contributed by atoms with E-state index in [4.69, 9.17) is 27.9 Å². The SMILES string of the molecule is O=C(COC(=O)c1ccccc1[N+](=O)[O-])Nc1cc(Cl)ccc1Cl. The predicted octanol–water partition coefficient (Wildman–Crippen LogP) is 3.70. The van der Waals surface area contributed by atoms with Crippen LogP contribution in [-0.2, 0) is 9.53 Å². The molecule has 0 unspecified atom stereocenters. The lowest BCUT2D eigenvalue weighted by Crippen LogP contribution is -2.21. The van der Waals surface area contributed by atoms with E-state index in [1.165, 1.54) is 36.4 Å². The van der Waals surface area contributed by atoms with Crippen LogP contribution in [0.15, 0.2) is 42.5 Å². The Morgan fingerprint density at radius 1 is 1.17 bits per heavy atom. The van der Waals surface area contributed by atoms with Crippen molar-refractivity contribution in [2.24, 2.45) is 0 Å². The van der Waals surface area contributed by atoms with E-state index in [1.54, 1.807) is 6.07 Å². The van der Waals surface area contributed by atoms with Gasteiger partial charge in [0, 0.05) is 11.1 Å². The van der Waals surface area contributed by atoms with Crippen LogP contribution in [0.25, 0.3) is 0 Å². The van der Waals surface area contributed by atoms with Crippen molar-refractivity contribution in [2.45, 2.75) is 0 Å². The Kier molecular flexibility index (Phi) is 5.73. The van der Waals surface area contributed by atoms with Gasteiger partial charge in [0.1, 0.15) is 5.56 Å². The first-order valence-corrected chi connectivity index (χ1v) is 7.29. The first kappa shape index (κ1) is 17.7. The number of benzene rings is 2. The predicted molar refractivity (Wildman–Crippen MR) is 88.5 cm³/mol. The van der Waals surface area contributed by atoms with E-state index >= 15 is 0 Å². The number of carbonyl (C=O) groups excluding carboxylic acids is 2. The Balaban J connectivity index is 2.00. The standard InChI is InChI=1S/C15H10Cl2N2O5/c16-9-5-6-11(17)12(7-9)18-14(20)8-24-15(21)10-3-1-2-4-13(10)19(22)23/h1-7H,8H2,(H,18,20). The summed E-state index contributed by atoms with van der Waals surface area (Å²) in [6, 6.07) is 9.77. The van der Waals surface area contributed by atoms with Crippen molar-refractivity contribution in [3.63, 3.8) is 0 Å². The second-order valence-electron chi connectivity index (χ2n) is 4.52. The summed E-state index contributed by atoms with van der Waals surface area (Å²) in [5.41, 5.74) is -0.382. The van der Waals surface area contributed by atoms with Gasteiger partial charge < -0.3 is 10.1 Å². The molecule has 0 heterocycles. The van der Waals surface area contributed by atoms with Gasteiger partial charge in [-0.15, -0.1) is 0 Å². The maximum atomic E-state index is 11.9. The Labute approximate surface area is 146 Å². The molecule has 124 valence electrons. The number of nitrogens with one attached hydrogen (secondary N) is 1. The molecule has 2 rings (SSSR count). The molecule has 0 saturated heterocycles. The quantitative estimate of drug-likeness (QED) is 0.492. The Morgan fingerprint density at radius 2 is 1.88 bits per heavy atom. The lowest BCUT2D eigenvalue weighted by molar-refractivity contribution is -0.385. The average molecular weight is 369 g/mol. The number of rotatable bonds is 5. The molecule has 1 amide bonds. The number of hydrogen-bond donors (Lipinski definition) is 1. The van der Waals surface area contributed by atoms with Crippen LogP contribution in [0, 0.1) is 10.1 Å². The average Bonchev–Trinajstić information content (AvgIpc) is 2.56. The van der Waals surface area contributed by atoms with E-state index in [1.807, 2.05) is 0 Å². The van der Waals surface area contributed by atoms with Gasteiger partial charge in [0.15, 0.2) is 6.61 Å². The van der Waals surface area contributed by atoms with E-state index in [-0.39, 0.29) is 16.3 Å². The minimum atomic E-state index is -0.977. The van der Waals surface area contributed by atoms with E-state index in [9.17, 15) is 19.7 Å². The van der Waals surface area contributed by atoms with E-state index in [0.29, 0.717) is 5.02 Å². The minimum Gasteiger partial charge on any atom is -0.452 e. The third-order valence-corrected chi connectivity index (χ3v) is 3.42. The fourth-order valence-electron chi connectivity index (χ4n) is 1.79. The number of ether oxygens (including phenoxy) is 1. The molecule has 7 nitrogen and oxygen atoms in total. The number of nitro benzene ring substituents is 1. The lowest BCUT2D eigenvalue weighted by atomic mass is 10.2. The molecule has 2 aromatic carbocycles. The Morgan fingerprint density at radius 3 is 2.58 bits per heavy atom. The molecule has 0 aliphatic carbocycles. The minimum absolute atomic E-state index is 0.240. The molecular formula is C15H10Cl2N2O5. The number of para-hydroxylation sites is 1. The highest BCUT2D eigenvalue weighted by Gasteiger charge is 2.21. The highest BCUT2D eigenvalue weighted by atomic mass is 35.5. The van der Waals surface area contributed by atoms with E-state index < -0.39 is 29.1 Å². The number of hydrogen-bond acceptors (Lipinski definition) is 5. The molecule has 0 aromatic heterocycles. The normalized spacial score (nSPS) is 10.1. The van der Waals surface area contributed by atoms with Gasteiger partial charge in [0.2, 0.25) is 0 Å². The number of nitro groups is 1. The topological polar surface area (TPSA) is 98.5 Å². The second-order valence-corrected chi connectivity index (χ2v) is 5.37. The first-order chi connectivity index (χ1) is 11.4. The van der Waals surface area contributed by atoms with Gasteiger partial charge in [0.05, 0.1) is 15.6 Å². The van der Waals surface area contributed by atoms with Gasteiger partial charge in [-0.3, -0.25) is 14.9 Å².